The van der Waals surface area contributed by atoms with Gasteiger partial charge in [-0.1, -0.05) is 46.6 Å². The highest BCUT2D eigenvalue weighted by atomic mass is 127. The van der Waals surface area contributed by atoms with Gasteiger partial charge in [-0.3, -0.25) is 0 Å². The van der Waals surface area contributed by atoms with Crippen molar-refractivity contribution in [2.75, 3.05) is 0 Å². The van der Waals surface area contributed by atoms with Crippen molar-refractivity contribution in [1.29, 1.82) is 0 Å². The number of aliphatic hydroxyl groups excluding tert-OH is 1. The van der Waals surface area contributed by atoms with E-state index in [1.54, 1.807) is 0 Å². The summed E-state index contributed by atoms with van der Waals surface area (Å²) < 4.78 is 2.09. The van der Waals surface area contributed by atoms with E-state index in [-0.39, 0.29) is 0 Å². The molecule has 3 rings (SSSR count). The topological polar surface area (TPSA) is 20.2 Å². The van der Waals surface area contributed by atoms with E-state index in [1.165, 1.54) is 24.8 Å². The number of aliphatic hydroxyl groups is 1. The van der Waals surface area contributed by atoms with Crippen molar-refractivity contribution < 1.29 is 5.11 Å². The average Bonchev–Trinajstić information content (AvgIpc) is 2.39. The molecule has 0 aliphatic heterocycles. The molecule has 0 aromatic heterocycles. The van der Waals surface area contributed by atoms with Crippen LogP contribution in [0.2, 0.25) is 0 Å². The molecule has 1 fully saturated rings. The Labute approximate surface area is 141 Å². The molecular weight excluding hydrogens is 427 g/mol. The van der Waals surface area contributed by atoms with Crippen LogP contribution in [0.25, 0.3) is 0 Å². The predicted molar refractivity (Wildman–Crippen MR) is 94.0 cm³/mol. The van der Waals surface area contributed by atoms with Crippen LogP contribution in [0.5, 0.6) is 0 Å². The minimum absolute atomic E-state index is 0.556. The summed E-state index contributed by atoms with van der Waals surface area (Å²) in [6, 6.07) is 14.5. The SMILES string of the molecule is OC(c1cccc(C2CCC2)c1)c1cc(Br)ccc1I. The van der Waals surface area contributed by atoms with Gasteiger partial charge in [0, 0.05) is 8.04 Å². The second kappa shape index (κ2) is 6.16. The Balaban J connectivity index is 1.93. The van der Waals surface area contributed by atoms with Crippen LogP contribution in [0.3, 0.4) is 0 Å². The van der Waals surface area contributed by atoms with Crippen LogP contribution in [0.15, 0.2) is 46.9 Å². The summed E-state index contributed by atoms with van der Waals surface area (Å²) in [6.45, 7) is 0. The molecule has 20 heavy (non-hydrogen) atoms. The molecule has 1 aliphatic carbocycles. The third-order valence-corrected chi connectivity index (χ3v) is 5.53. The van der Waals surface area contributed by atoms with E-state index in [4.69, 9.17) is 0 Å². The van der Waals surface area contributed by atoms with Gasteiger partial charge in [-0.15, -0.1) is 0 Å². The molecular formula is C17H16BrIO. The number of benzene rings is 2. The lowest BCUT2D eigenvalue weighted by Crippen LogP contribution is -2.10. The lowest BCUT2D eigenvalue weighted by atomic mass is 9.79. The zero-order valence-corrected chi connectivity index (χ0v) is 14.8. The average molecular weight is 443 g/mol. The Morgan fingerprint density at radius 2 is 1.95 bits per heavy atom. The fourth-order valence-electron chi connectivity index (χ4n) is 2.63. The van der Waals surface area contributed by atoms with Crippen LogP contribution in [-0.2, 0) is 0 Å². The molecule has 0 heterocycles. The Kier molecular flexibility index (Phi) is 4.48. The lowest BCUT2D eigenvalue weighted by Gasteiger charge is -2.26. The molecule has 1 nitrogen and oxygen atoms in total. The molecule has 1 unspecified atom stereocenters. The number of rotatable bonds is 3. The van der Waals surface area contributed by atoms with Crippen LogP contribution in [-0.4, -0.2) is 5.11 Å². The summed E-state index contributed by atoms with van der Waals surface area (Å²) in [5, 5.41) is 10.7. The first kappa shape index (κ1) is 14.5. The predicted octanol–water partition coefficient (Wildman–Crippen LogP) is 5.40. The van der Waals surface area contributed by atoms with Gasteiger partial charge in [-0.05, 0) is 76.2 Å². The van der Waals surface area contributed by atoms with Crippen molar-refractivity contribution in [1.82, 2.24) is 0 Å². The molecule has 2 aromatic rings. The van der Waals surface area contributed by atoms with Crippen LogP contribution >= 0.6 is 38.5 Å². The zero-order chi connectivity index (χ0) is 14.1. The molecule has 0 radical (unpaired) electrons. The summed E-state index contributed by atoms with van der Waals surface area (Å²) >= 11 is 5.76. The largest absolute Gasteiger partial charge is 0.384 e. The van der Waals surface area contributed by atoms with Gasteiger partial charge < -0.3 is 5.11 Å². The maximum Gasteiger partial charge on any atom is 0.105 e. The summed E-state index contributed by atoms with van der Waals surface area (Å²) in [4.78, 5) is 0. The van der Waals surface area contributed by atoms with E-state index in [9.17, 15) is 5.11 Å². The second-order valence-corrected chi connectivity index (χ2v) is 7.44. The normalized spacial score (nSPS) is 16.8. The van der Waals surface area contributed by atoms with Crippen LogP contribution in [0.1, 0.15) is 48.0 Å². The number of hydrogen-bond donors (Lipinski definition) is 1. The molecule has 0 bridgehead atoms. The van der Waals surface area contributed by atoms with Gasteiger partial charge in [0.2, 0.25) is 0 Å². The molecule has 0 saturated heterocycles. The minimum atomic E-state index is -0.556. The van der Waals surface area contributed by atoms with Gasteiger partial charge >= 0.3 is 0 Å². The van der Waals surface area contributed by atoms with E-state index in [2.05, 4.69) is 56.7 Å². The quantitative estimate of drug-likeness (QED) is 0.630. The Morgan fingerprint density at radius 3 is 2.65 bits per heavy atom. The highest BCUT2D eigenvalue weighted by Crippen LogP contribution is 2.38. The third kappa shape index (κ3) is 2.95. The van der Waals surface area contributed by atoms with Gasteiger partial charge in [0.1, 0.15) is 6.10 Å². The first-order chi connectivity index (χ1) is 9.65. The summed E-state index contributed by atoms with van der Waals surface area (Å²) in [5.74, 6) is 0.698. The maximum atomic E-state index is 10.7. The van der Waals surface area contributed by atoms with Gasteiger partial charge in [-0.25, -0.2) is 0 Å². The maximum absolute atomic E-state index is 10.7. The Bertz CT molecular complexity index is 622. The monoisotopic (exact) mass is 442 g/mol. The molecule has 3 heteroatoms. The van der Waals surface area contributed by atoms with Gasteiger partial charge in [0.15, 0.2) is 0 Å². The van der Waals surface area contributed by atoms with Crippen molar-refractivity contribution in [3.63, 3.8) is 0 Å². The Hall–Kier alpha value is -0.390. The fourth-order valence-corrected chi connectivity index (χ4v) is 3.64. The number of hydrogen-bond acceptors (Lipinski definition) is 1. The highest BCUT2D eigenvalue weighted by molar-refractivity contribution is 14.1. The molecule has 1 N–H and O–H groups in total. The smallest absolute Gasteiger partial charge is 0.105 e. The standard InChI is InChI=1S/C17H16BrIO/c18-14-7-8-16(19)15(10-14)17(20)13-6-2-5-12(9-13)11-3-1-4-11/h2,5-11,17,20H,1,3-4H2. The van der Waals surface area contributed by atoms with Crippen molar-refractivity contribution in [3.05, 3.63) is 67.2 Å². The van der Waals surface area contributed by atoms with Gasteiger partial charge in [-0.2, -0.15) is 0 Å². The van der Waals surface area contributed by atoms with Crippen molar-refractivity contribution >= 4 is 38.5 Å². The third-order valence-electron chi connectivity index (χ3n) is 4.06. The fraction of sp³-hybridized carbons (Fsp3) is 0.294. The molecule has 1 saturated carbocycles. The molecule has 2 aromatic carbocycles. The van der Waals surface area contributed by atoms with Gasteiger partial charge in [0.05, 0.1) is 0 Å². The number of halogens is 2. The van der Waals surface area contributed by atoms with E-state index in [0.29, 0.717) is 5.92 Å². The molecule has 0 spiro atoms. The van der Waals surface area contributed by atoms with Crippen molar-refractivity contribution in [2.24, 2.45) is 0 Å². The Morgan fingerprint density at radius 1 is 1.15 bits per heavy atom. The molecule has 1 aliphatic rings. The van der Waals surface area contributed by atoms with Crippen LogP contribution < -0.4 is 0 Å². The van der Waals surface area contributed by atoms with Crippen LogP contribution in [0.4, 0.5) is 0 Å². The highest BCUT2D eigenvalue weighted by Gasteiger charge is 2.21. The van der Waals surface area contributed by atoms with Crippen molar-refractivity contribution in [2.45, 2.75) is 31.3 Å². The zero-order valence-electron chi connectivity index (χ0n) is 11.0. The first-order valence-corrected chi connectivity index (χ1v) is 8.75. The van der Waals surface area contributed by atoms with Crippen molar-refractivity contribution in [3.8, 4) is 0 Å². The lowest BCUT2D eigenvalue weighted by molar-refractivity contribution is 0.219. The summed E-state index contributed by atoms with van der Waals surface area (Å²) in [7, 11) is 0. The van der Waals surface area contributed by atoms with Gasteiger partial charge in [0.25, 0.3) is 0 Å². The summed E-state index contributed by atoms with van der Waals surface area (Å²) in [6.07, 6.45) is 3.35. The first-order valence-electron chi connectivity index (χ1n) is 6.88. The summed E-state index contributed by atoms with van der Waals surface area (Å²) in [5.41, 5.74) is 3.33. The second-order valence-electron chi connectivity index (χ2n) is 5.37. The van der Waals surface area contributed by atoms with Crippen LogP contribution in [0, 0.1) is 3.57 Å². The van der Waals surface area contributed by atoms with E-state index < -0.39 is 6.10 Å². The molecule has 0 amide bonds. The minimum Gasteiger partial charge on any atom is -0.384 e. The molecule has 104 valence electrons. The van der Waals surface area contributed by atoms with E-state index in [0.717, 1.165) is 19.2 Å². The molecule has 1 atom stereocenters. The van der Waals surface area contributed by atoms with E-state index in [1.807, 2.05) is 24.3 Å². The van der Waals surface area contributed by atoms with E-state index >= 15 is 0 Å².